The van der Waals surface area contributed by atoms with Gasteiger partial charge in [-0.3, -0.25) is 0 Å². The first kappa shape index (κ1) is 39.5. The molecule has 0 saturated heterocycles. The molecule has 0 bridgehead atoms. The van der Waals surface area contributed by atoms with Gasteiger partial charge in [-0.05, 0) is 157 Å². The molecule has 0 spiro atoms. The van der Waals surface area contributed by atoms with Crippen LogP contribution in [0.25, 0.3) is 93.9 Å². The van der Waals surface area contributed by atoms with Gasteiger partial charge in [0.05, 0.1) is 0 Å². The lowest BCUT2D eigenvalue weighted by Crippen LogP contribution is -1.99. The smallest absolute Gasteiger partial charge is 0.000115 e. The summed E-state index contributed by atoms with van der Waals surface area (Å²) in [5.74, 6) is 0. The average Bonchev–Trinajstić information content (AvgIpc) is 3.93. The Hall–Kier alpha value is -8.84. The van der Waals surface area contributed by atoms with E-state index in [0.29, 0.717) is 0 Å². The highest BCUT2D eigenvalue weighted by Gasteiger charge is 2.42. The Kier molecular flexibility index (Phi) is 9.62. The summed E-state index contributed by atoms with van der Waals surface area (Å²) in [4.78, 5) is 0. The van der Waals surface area contributed by atoms with Crippen LogP contribution in [-0.2, 0) is 0 Å². The molecule has 0 fully saturated rings. The van der Waals surface area contributed by atoms with Gasteiger partial charge in [-0.15, -0.1) is 0 Å². The molecular weight excluding hydrogens is 817 g/mol. The molecule has 2 aliphatic rings. The maximum atomic E-state index is 2.51. The van der Waals surface area contributed by atoms with Crippen molar-refractivity contribution in [1.29, 1.82) is 0 Å². The van der Waals surface area contributed by atoms with Crippen molar-refractivity contribution < 1.29 is 0 Å². The standard InChI is InChI=1S/C68H44/c1-5-23-47(24-6-1)59-43-61-62(44-60(59)48-25-7-2-8-26-48)67-64(50-29-11-4-12-30-50)65(57-35-19-17-33-55(57)53-39-37-45-21-13-15-31-51(45)41-53)66(68(67)63(61)49-27-9-3-10-28-49)58-36-20-18-34-56(58)54-40-38-46-22-14-16-32-52(46)42-54/h1-44H. The van der Waals surface area contributed by atoms with Gasteiger partial charge in [-0.25, -0.2) is 0 Å². The summed E-state index contributed by atoms with van der Waals surface area (Å²) >= 11 is 0. The summed E-state index contributed by atoms with van der Waals surface area (Å²) in [6.45, 7) is 0. The monoisotopic (exact) mass is 860 g/mol. The normalized spacial score (nSPS) is 13.1. The second kappa shape index (κ2) is 16.5. The SMILES string of the molecule is c1ccc(C2=C3C(=C(c4ccccc4)c4cc(-c5ccccc5)c(-c5ccccc5)cc43)C(c3ccccc3-c3ccc4ccccc4c3)=C2c2ccccc2-c2ccc3ccccc3c2)cc1. The topological polar surface area (TPSA) is 0 Å². The average molecular weight is 861 g/mol. The van der Waals surface area contributed by atoms with Crippen molar-refractivity contribution in [1.82, 2.24) is 0 Å². The molecule has 0 atom stereocenters. The minimum absolute atomic E-state index is 1.19. The van der Waals surface area contributed by atoms with Crippen molar-refractivity contribution in [3.05, 3.63) is 306 Å². The Morgan fingerprint density at radius 1 is 0.132 bits per heavy atom. The first-order valence-corrected chi connectivity index (χ1v) is 23.6. The Morgan fingerprint density at radius 3 is 0.912 bits per heavy atom. The molecule has 316 valence electrons. The molecule has 0 amide bonds. The van der Waals surface area contributed by atoms with Crippen LogP contribution in [0.1, 0.15) is 33.4 Å². The largest absolute Gasteiger partial charge is 0.0622 e. The van der Waals surface area contributed by atoms with Crippen LogP contribution in [-0.4, -0.2) is 0 Å². The third-order valence-electron chi connectivity index (χ3n) is 14.0. The number of benzene rings is 11. The summed E-state index contributed by atoms with van der Waals surface area (Å²) in [5.41, 5.74) is 24.4. The van der Waals surface area contributed by atoms with Gasteiger partial charge in [0.2, 0.25) is 0 Å². The number of hydrogen-bond donors (Lipinski definition) is 0. The zero-order valence-electron chi connectivity index (χ0n) is 37.4. The van der Waals surface area contributed by atoms with E-state index in [-0.39, 0.29) is 0 Å². The summed E-state index contributed by atoms with van der Waals surface area (Å²) < 4.78 is 0. The third-order valence-corrected chi connectivity index (χ3v) is 14.0. The predicted octanol–water partition coefficient (Wildman–Crippen LogP) is 18.0. The Balaban J connectivity index is 1.21. The van der Waals surface area contributed by atoms with E-state index in [9.17, 15) is 0 Å². The molecule has 0 heteroatoms. The second-order valence-corrected chi connectivity index (χ2v) is 17.9. The van der Waals surface area contributed by atoms with E-state index in [2.05, 4.69) is 267 Å². The molecule has 0 aromatic heterocycles. The first-order valence-electron chi connectivity index (χ1n) is 23.6. The minimum Gasteiger partial charge on any atom is -0.0622 e. The van der Waals surface area contributed by atoms with Gasteiger partial charge in [0.15, 0.2) is 0 Å². The zero-order valence-corrected chi connectivity index (χ0v) is 37.4. The first-order chi connectivity index (χ1) is 33.8. The lowest BCUT2D eigenvalue weighted by Gasteiger charge is -2.21. The van der Waals surface area contributed by atoms with Gasteiger partial charge in [0, 0.05) is 0 Å². The van der Waals surface area contributed by atoms with Gasteiger partial charge in [0.1, 0.15) is 0 Å². The van der Waals surface area contributed by atoms with Crippen LogP contribution in [0, 0.1) is 0 Å². The molecule has 0 N–H and O–H groups in total. The molecule has 0 radical (unpaired) electrons. The number of hydrogen-bond acceptors (Lipinski definition) is 0. The highest BCUT2D eigenvalue weighted by atomic mass is 14.4. The van der Waals surface area contributed by atoms with E-state index in [4.69, 9.17) is 0 Å². The van der Waals surface area contributed by atoms with Crippen molar-refractivity contribution in [3.8, 4) is 44.5 Å². The van der Waals surface area contributed by atoms with Crippen LogP contribution in [0.5, 0.6) is 0 Å². The Bertz CT molecular complexity index is 3850. The van der Waals surface area contributed by atoms with E-state index in [1.54, 1.807) is 0 Å². The van der Waals surface area contributed by atoms with Crippen molar-refractivity contribution in [3.63, 3.8) is 0 Å². The van der Waals surface area contributed by atoms with E-state index >= 15 is 0 Å². The van der Waals surface area contributed by atoms with Crippen molar-refractivity contribution in [2.45, 2.75) is 0 Å². The second-order valence-electron chi connectivity index (χ2n) is 17.9. The molecule has 0 saturated carbocycles. The Labute approximate surface area is 397 Å². The maximum absolute atomic E-state index is 2.51. The van der Waals surface area contributed by atoms with Crippen molar-refractivity contribution >= 4 is 49.4 Å². The molecular formula is C68H44. The van der Waals surface area contributed by atoms with E-state index in [0.717, 1.165) is 0 Å². The summed E-state index contributed by atoms with van der Waals surface area (Å²) in [5, 5.41) is 4.92. The van der Waals surface area contributed by atoms with Crippen LogP contribution in [0.3, 0.4) is 0 Å². The fraction of sp³-hybridized carbons (Fsp3) is 0. The molecule has 11 aromatic rings. The van der Waals surface area contributed by atoms with Gasteiger partial charge < -0.3 is 0 Å². The fourth-order valence-electron chi connectivity index (χ4n) is 11.0. The van der Waals surface area contributed by atoms with Crippen molar-refractivity contribution in [2.75, 3.05) is 0 Å². The van der Waals surface area contributed by atoms with E-state index in [1.165, 1.54) is 133 Å². The van der Waals surface area contributed by atoms with Gasteiger partial charge in [-0.1, -0.05) is 243 Å². The van der Waals surface area contributed by atoms with Crippen LogP contribution in [0.4, 0.5) is 0 Å². The fourth-order valence-corrected chi connectivity index (χ4v) is 11.0. The van der Waals surface area contributed by atoms with Gasteiger partial charge in [-0.2, -0.15) is 0 Å². The van der Waals surface area contributed by atoms with E-state index in [1.807, 2.05) is 0 Å². The summed E-state index contributed by atoms with van der Waals surface area (Å²) in [6, 6.07) is 98.6. The molecule has 68 heavy (non-hydrogen) atoms. The zero-order chi connectivity index (χ0) is 45.0. The van der Waals surface area contributed by atoms with Crippen LogP contribution >= 0.6 is 0 Å². The lowest BCUT2D eigenvalue weighted by atomic mass is 9.81. The van der Waals surface area contributed by atoms with Crippen LogP contribution in [0.15, 0.2) is 272 Å². The molecule has 0 heterocycles. The minimum atomic E-state index is 1.19. The quantitative estimate of drug-likeness (QED) is 0.143. The molecule has 0 unspecified atom stereocenters. The third kappa shape index (κ3) is 6.61. The Morgan fingerprint density at radius 2 is 0.456 bits per heavy atom. The molecule has 11 aromatic carbocycles. The highest BCUT2D eigenvalue weighted by molar-refractivity contribution is 6.40. The van der Waals surface area contributed by atoms with Crippen LogP contribution in [0.2, 0.25) is 0 Å². The number of rotatable bonds is 8. The molecule has 0 aliphatic heterocycles. The van der Waals surface area contributed by atoms with Crippen molar-refractivity contribution in [2.24, 2.45) is 0 Å². The maximum Gasteiger partial charge on any atom is -0.000115 e. The summed E-state index contributed by atoms with van der Waals surface area (Å²) in [6.07, 6.45) is 0. The van der Waals surface area contributed by atoms with Gasteiger partial charge >= 0.3 is 0 Å². The van der Waals surface area contributed by atoms with Crippen LogP contribution < -0.4 is 0 Å². The van der Waals surface area contributed by atoms with E-state index < -0.39 is 0 Å². The molecule has 0 nitrogen and oxygen atoms in total. The number of allylic oxidation sites excluding steroid dienone is 5. The number of fused-ring (bicyclic) bond motifs is 5. The summed E-state index contributed by atoms with van der Waals surface area (Å²) in [7, 11) is 0. The van der Waals surface area contributed by atoms with Gasteiger partial charge in [0.25, 0.3) is 0 Å². The predicted molar refractivity (Wildman–Crippen MR) is 289 cm³/mol. The molecule has 2 aliphatic carbocycles. The lowest BCUT2D eigenvalue weighted by molar-refractivity contribution is 1.51. The molecule has 13 rings (SSSR count). The highest BCUT2D eigenvalue weighted by Crippen LogP contribution is 2.63.